The van der Waals surface area contributed by atoms with Gasteiger partial charge in [-0.15, -0.1) is 11.6 Å². The average Bonchev–Trinajstić information content (AvgIpc) is 2.96. The average molecular weight is 309 g/mol. The molecule has 1 aliphatic heterocycles. The molecular weight excluding hydrogens is 288 g/mol. The van der Waals surface area contributed by atoms with Crippen molar-refractivity contribution in [2.75, 3.05) is 11.6 Å². The fourth-order valence-electron chi connectivity index (χ4n) is 3.04. The van der Waals surface area contributed by atoms with E-state index in [-0.39, 0.29) is 0 Å². The summed E-state index contributed by atoms with van der Waals surface area (Å²) >= 11 is 8.06. The highest BCUT2D eigenvalue weighted by molar-refractivity contribution is 8.00. The maximum absolute atomic E-state index is 5.96. The third-order valence-corrected chi connectivity index (χ3v) is 5.81. The molecule has 2 aromatic rings. The van der Waals surface area contributed by atoms with Gasteiger partial charge in [0.15, 0.2) is 0 Å². The summed E-state index contributed by atoms with van der Waals surface area (Å²) in [5.41, 5.74) is 3.63. The fraction of sp³-hybridized carbons (Fsp3) is 0.562. The van der Waals surface area contributed by atoms with Crippen molar-refractivity contribution < 1.29 is 0 Å². The number of nitrogens with zero attached hydrogens (tertiary/aromatic N) is 2. The van der Waals surface area contributed by atoms with Gasteiger partial charge in [-0.2, -0.15) is 11.8 Å². The van der Waals surface area contributed by atoms with Gasteiger partial charge < -0.3 is 4.57 Å². The Morgan fingerprint density at radius 2 is 2.30 bits per heavy atom. The van der Waals surface area contributed by atoms with E-state index in [1.54, 1.807) is 0 Å². The highest BCUT2D eigenvalue weighted by Crippen LogP contribution is 2.40. The second-order valence-electron chi connectivity index (χ2n) is 5.95. The Bertz CT molecular complexity index is 614. The van der Waals surface area contributed by atoms with Crippen LogP contribution in [0.1, 0.15) is 31.2 Å². The van der Waals surface area contributed by atoms with Crippen LogP contribution in [0, 0.1) is 6.92 Å². The highest BCUT2D eigenvalue weighted by Gasteiger charge is 2.31. The zero-order valence-corrected chi connectivity index (χ0v) is 13.7. The summed E-state index contributed by atoms with van der Waals surface area (Å²) < 4.78 is 2.75. The van der Waals surface area contributed by atoms with Gasteiger partial charge >= 0.3 is 0 Å². The van der Waals surface area contributed by atoms with Crippen LogP contribution in [0.25, 0.3) is 11.0 Å². The lowest BCUT2D eigenvalue weighted by atomic mass is 10.1. The fourth-order valence-corrected chi connectivity index (χ4v) is 4.50. The van der Waals surface area contributed by atoms with Crippen LogP contribution in [-0.4, -0.2) is 25.9 Å². The van der Waals surface area contributed by atoms with Crippen LogP contribution in [0.3, 0.4) is 0 Å². The van der Waals surface area contributed by atoms with Gasteiger partial charge in [-0.1, -0.05) is 6.07 Å². The van der Waals surface area contributed by atoms with Crippen LogP contribution in [0.15, 0.2) is 18.2 Å². The summed E-state index contributed by atoms with van der Waals surface area (Å²) in [6.45, 7) is 5.55. The number of halogens is 1. The molecule has 1 fully saturated rings. The minimum absolute atomic E-state index is 0.347. The highest BCUT2D eigenvalue weighted by atomic mass is 35.5. The number of imidazole rings is 1. The Balaban J connectivity index is 2.04. The standard InChI is InChI=1S/C16H21ClN2S/c1-12-4-5-14-13(10-12)18-15(6-8-17)19(14)11-16(2)7-3-9-20-16/h4-5,10H,3,6-9,11H2,1-2H3. The summed E-state index contributed by atoms with van der Waals surface area (Å²) in [4.78, 5) is 4.81. The molecule has 1 aliphatic rings. The maximum Gasteiger partial charge on any atom is 0.111 e. The normalized spacial score (nSPS) is 22.8. The molecule has 0 saturated carbocycles. The lowest BCUT2D eigenvalue weighted by Crippen LogP contribution is -2.25. The van der Waals surface area contributed by atoms with Crippen molar-refractivity contribution in [3.05, 3.63) is 29.6 Å². The van der Waals surface area contributed by atoms with E-state index in [0.29, 0.717) is 10.6 Å². The Morgan fingerprint density at radius 1 is 1.45 bits per heavy atom. The smallest absolute Gasteiger partial charge is 0.111 e. The quantitative estimate of drug-likeness (QED) is 0.779. The number of hydrogen-bond donors (Lipinski definition) is 0. The van der Waals surface area contributed by atoms with E-state index >= 15 is 0 Å². The molecule has 0 bridgehead atoms. The molecule has 20 heavy (non-hydrogen) atoms. The second kappa shape index (κ2) is 5.61. The third-order valence-electron chi connectivity index (χ3n) is 4.09. The zero-order valence-electron chi connectivity index (χ0n) is 12.2. The molecular formula is C16H21ClN2S. The van der Waals surface area contributed by atoms with Crippen LogP contribution >= 0.6 is 23.4 Å². The molecule has 1 aromatic carbocycles. The van der Waals surface area contributed by atoms with Crippen molar-refractivity contribution in [1.82, 2.24) is 9.55 Å². The summed E-state index contributed by atoms with van der Waals surface area (Å²) in [5.74, 6) is 3.05. The number of benzene rings is 1. The lowest BCUT2D eigenvalue weighted by Gasteiger charge is -2.24. The first-order valence-corrected chi connectivity index (χ1v) is 8.79. The van der Waals surface area contributed by atoms with Gasteiger partial charge in [0, 0.05) is 23.6 Å². The van der Waals surface area contributed by atoms with Gasteiger partial charge in [0.1, 0.15) is 5.82 Å². The Morgan fingerprint density at radius 3 is 3.00 bits per heavy atom. The van der Waals surface area contributed by atoms with Crippen LogP contribution in [0.5, 0.6) is 0 Å². The number of fused-ring (bicyclic) bond motifs is 1. The van der Waals surface area contributed by atoms with Crippen molar-refractivity contribution in [2.45, 2.75) is 44.4 Å². The van der Waals surface area contributed by atoms with E-state index in [4.69, 9.17) is 16.6 Å². The SMILES string of the molecule is Cc1ccc2c(c1)nc(CCCl)n2CC1(C)CCCS1. The summed E-state index contributed by atoms with van der Waals surface area (Å²) in [6.07, 6.45) is 3.47. The molecule has 0 amide bonds. The Hall–Kier alpha value is -0.670. The lowest BCUT2D eigenvalue weighted by molar-refractivity contribution is 0.507. The van der Waals surface area contributed by atoms with Crippen molar-refractivity contribution in [3.63, 3.8) is 0 Å². The predicted molar refractivity (Wildman–Crippen MR) is 89.0 cm³/mol. The first-order valence-electron chi connectivity index (χ1n) is 7.27. The number of hydrogen-bond acceptors (Lipinski definition) is 2. The molecule has 2 nitrogen and oxygen atoms in total. The van der Waals surface area contributed by atoms with Gasteiger partial charge in [-0.3, -0.25) is 0 Å². The van der Waals surface area contributed by atoms with Crippen molar-refractivity contribution in [3.8, 4) is 0 Å². The van der Waals surface area contributed by atoms with Crippen molar-refractivity contribution >= 4 is 34.4 Å². The van der Waals surface area contributed by atoms with Crippen molar-refractivity contribution in [1.29, 1.82) is 0 Å². The van der Waals surface area contributed by atoms with Gasteiger partial charge in [0.05, 0.1) is 11.0 Å². The number of aromatic nitrogens is 2. The van der Waals surface area contributed by atoms with E-state index in [1.165, 1.54) is 29.7 Å². The number of thioether (sulfide) groups is 1. The molecule has 1 saturated heterocycles. The van der Waals surface area contributed by atoms with Gasteiger partial charge in [-0.25, -0.2) is 4.98 Å². The molecule has 1 unspecified atom stereocenters. The molecule has 1 atom stereocenters. The summed E-state index contributed by atoms with van der Waals surface area (Å²) in [7, 11) is 0. The molecule has 4 heteroatoms. The molecule has 108 valence electrons. The zero-order chi connectivity index (χ0) is 14.2. The molecule has 0 aliphatic carbocycles. The predicted octanol–water partition coefficient (Wildman–Crippen LogP) is 4.41. The molecule has 2 heterocycles. The number of rotatable bonds is 4. The second-order valence-corrected chi connectivity index (χ2v) is 8.01. The van der Waals surface area contributed by atoms with Gasteiger partial charge in [0.25, 0.3) is 0 Å². The summed E-state index contributed by atoms with van der Waals surface area (Å²) in [5, 5.41) is 0. The van der Waals surface area contributed by atoms with E-state index in [1.807, 2.05) is 0 Å². The number of alkyl halides is 1. The van der Waals surface area contributed by atoms with Crippen LogP contribution in [-0.2, 0) is 13.0 Å². The first kappa shape index (κ1) is 14.3. The van der Waals surface area contributed by atoms with E-state index in [9.17, 15) is 0 Å². The first-order chi connectivity index (χ1) is 9.61. The van der Waals surface area contributed by atoms with Crippen LogP contribution < -0.4 is 0 Å². The molecule has 3 rings (SSSR count). The van der Waals surface area contributed by atoms with Gasteiger partial charge in [-0.05, 0) is 50.1 Å². The summed E-state index contributed by atoms with van der Waals surface area (Å²) in [6, 6.07) is 6.56. The molecule has 1 aromatic heterocycles. The Kier molecular flexibility index (Phi) is 4.00. The monoisotopic (exact) mass is 308 g/mol. The van der Waals surface area contributed by atoms with E-state index in [0.717, 1.165) is 24.3 Å². The largest absolute Gasteiger partial charge is 0.327 e. The maximum atomic E-state index is 5.96. The van der Waals surface area contributed by atoms with Crippen LogP contribution in [0.4, 0.5) is 0 Å². The molecule has 0 N–H and O–H groups in total. The Labute approximate surface area is 129 Å². The van der Waals surface area contributed by atoms with E-state index < -0.39 is 0 Å². The minimum Gasteiger partial charge on any atom is -0.327 e. The number of aryl methyl sites for hydroxylation is 2. The third kappa shape index (κ3) is 2.71. The van der Waals surface area contributed by atoms with Crippen molar-refractivity contribution in [2.24, 2.45) is 0 Å². The molecule has 0 spiro atoms. The minimum atomic E-state index is 0.347. The topological polar surface area (TPSA) is 17.8 Å². The van der Waals surface area contributed by atoms with Gasteiger partial charge in [0.2, 0.25) is 0 Å². The molecule has 0 radical (unpaired) electrons. The van der Waals surface area contributed by atoms with Crippen LogP contribution in [0.2, 0.25) is 0 Å². The van der Waals surface area contributed by atoms with E-state index in [2.05, 4.69) is 48.4 Å².